The minimum Gasteiger partial charge on any atom is -0.475 e. The van der Waals surface area contributed by atoms with Crippen LogP contribution in [0.3, 0.4) is 0 Å². The number of fused-ring (bicyclic) bond motifs is 1. The molecule has 0 aliphatic carbocycles. The van der Waals surface area contributed by atoms with Crippen LogP contribution < -0.4 is 0 Å². The van der Waals surface area contributed by atoms with E-state index in [4.69, 9.17) is 9.90 Å². The first-order chi connectivity index (χ1) is 17.7. The largest absolute Gasteiger partial charge is 0.490 e. The van der Waals surface area contributed by atoms with Crippen LogP contribution in [-0.4, -0.2) is 75.7 Å². The average Bonchev–Trinajstić information content (AvgIpc) is 3.48. The zero-order chi connectivity index (χ0) is 28.3. The normalized spacial score (nSPS) is 16.5. The molecule has 0 spiro atoms. The lowest BCUT2D eigenvalue weighted by molar-refractivity contribution is -0.192. The Balaban J connectivity index is 0.000000505. The van der Waals surface area contributed by atoms with Gasteiger partial charge in [0.05, 0.1) is 16.6 Å². The molecule has 7 nitrogen and oxygen atoms in total. The molecule has 1 N–H and O–H groups in total. The van der Waals surface area contributed by atoms with E-state index in [2.05, 4.69) is 9.88 Å². The number of benzene rings is 2. The Labute approximate surface area is 213 Å². The molecule has 1 aliphatic heterocycles. The van der Waals surface area contributed by atoms with Crippen LogP contribution in [0.15, 0.2) is 54.9 Å². The highest BCUT2D eigenvalue weighted by atomic mass is 19.4. The number of aromatic nitrogens is 2. The summed E-state index contributed by atoms with van der Waals surface area (Å²) in [4.78, 5) is 29.6. The first kappa shape index (κ1) is 28.7. The molecule has 0 bridgehead atoms. The molecule has 1 amide bonds. The van der Waals surface area contributed by atoms with Crippen molar-refractivity contribution >= 4 is 29.0 Å². The summed E-state index contributed by atoms with van der Waals surface area (Å²) in [5, 5.41) is 7.12. The molecule has 204 valence electrons. The number of hydrogen-bond acceptors (Lipinski definition) is 4. The van der Waals surface area contributed by atoms with Gasteiger partial charge in [-0.05, 0) is 50.4 Å². The number of amides is 1. The number of carbonyl (C=O) groups excluding carboxylic acids is 1. The van der Waals surface area contributed by atoms with E-state index >= 15 is 0 Å². The number of likely N-dealkylation sites (N-methyl/N-ethyl adjacent to an activating group) is 2. The topological polar surface area (TPSA) is 78.7 Å². The molecule has 0 radical (unpaired) electrons. The Bertz CT molecular complexity index is 1320. The minimum absolute atomic E-state index is 0.0959. The van der Waals surface area contributed by atoms with Crippen molar-refractivity contribution in [2.45, 2.75) is 24.8 Å². The lowest BCUT2D eigenvalue weighted by Gasteiger charge is -2.23. The first-order valence-electron chi connectivity index (χ1n) is 11.3. The number of hydrogen-bond donors (Lipinski definition) is 1. The van der Waals surface area contributed by atoms with E-state index in [0.717, 1.165) is 37.3 Å². The standard InChI is InChI=1S/C23H23F3N4O.C2HF3O2/c1-28-11-10-19(14-28)29(2)21(31)9-8-16-12-17(23(24,25)26)13-20-22(16)30(15-27-20)18-6-4-3-5-7-18;3-2(4,5)1(6)7/h3-9,12-13,15,19H,10-11,14H2,1-2H3;(H,6,7). The molecule has 38 heavy (non-hydrogen) atoms. The molecular weight excluding hydrogens is 518 g/mol. The van der Waals surface area contributed by atoms with E-state index < -0.39 is 23.9 Å². The average molecular weight is 542 g/mol. The van der Waals surface area contributed by atoms with Gasteiger partial charge >= 0.3 is 18.3 Å². The number of imidazole rings is 1. The predicted octanol–water partition coefficient (Wildman–Crippen LogP) is 4.85. The van der Waals surface area contributed by atoms with Crippen molar-refractivity contribution in [2.24, 2.45) is 0 Å². The number of carboxylic acids is 1. The molecule has 1 aliphatic rings. The van der Waals surface area contributed by atoms with Crippen molar-refractivity contribution in [1.82, 2.24) is 19.4 Å². The van der Waals surface area contributed by atoms with Crippen LogP contribution in [0.2, 0.25) is 0 Å². The van der Waals surface area contributed by atoms with Gasteiger partial charge in [0.1, 0.15) is 6.33 Å². The predicted molar refractivity (Wildman–Crippen MR) is 127 cm³/mol. The summed E-state index contributed by atoms with van der Waals surface area (Å²) in [6, 6.07) is 11.4. The van der Waals surface area contributed by atoms with Gasteiger partial charge < -0.3 is 14.9 Å². The Hall–Kier alpha value is -3.87. The van der Waals surface area contributed by atoms with Gasteiger partial charge in [-0.15, -0.1) is 0 Å². The summed E-state index contributed by atoms with van der Waals surface area (Å²) in [7, 11) is 3.73. The smallest absolute Gasteiger partial charge is 0.475 e. The Morgan fingerprint density at radius 3 is 2.26 bits per heavy atom. The fraction of sp³-hybridized carbons (Fsp3) is 0.320. The molecule has 1 fully saturated rings. The number of alkyl halides is 6. The van der Waals surface area contributed by atoms with Crippen LogP contribution in [0.5, 0.6) is 0 Å². The van der Waals surface area contributed by atoms with Gasteiger partial charge in [-0.1, -0.05) is 18.2 Å². The molecule has 1 atom stereocenters. The zero-order valence-electron chi connectivity index (χ0n) is 20.3. The van der Waals surface area contributed by atoms with E-state index in [1.54, 1.807) is 16.5 Å². The fourth-order valence-corrected chi connectivity index (χ4v) is 3.94. The van der Waals surface area contributed by atoms with Crippen molar-refractivity contribution in [3.8, 4) is 5.69 Å². The lowest BCUT2D eigenvalue weighted by Crippen LogP contribution is -2.37. The monoisotopic (exact) mass is 542 g/mol. The third kappa shape index (κ3) is 6.91. The molecule has 1 unspecified atom stereocenters. The van der Waals surface area contributed by atoms with Crippen molar-refractivity contribution in [1.29, 1.82) is 0 Å². The van der Waals surface area contributed by atoms with Gasteiger partial charge in [-0.3, -0.25) is 9.36 Å². The summed E-state index contributed by atoms with van der Waals surface area (Å²) in [5.41, 5.74) is 1.01. The second-order valence-corrected chi connectivity index (χ2v) is 8.67. The maximum atomic E-state index is 13.5. The highest BCUT2D eigenvalue weighted by Gasteiger charge is 2.38. The number of halogens is 6. The number of para-hydroxylation sites is 1. The van der Waals surface area contributed by atoms with Crippen LogP contribution >= 0.6 is 0 Å². The van der Waals surface area contributed by atoms with Gasteiger partial charge in [0.15, 0.2) is 0 Å². The van der Waals surface area contributed by atoms with Gasteiger partial charge in [0, 0.05) is 37.0 Å². The fourth-order valence-electron chi connectivity index (χ4n) is 3.94. The number of carboxylic acid groups (broad SMARTS) is 1. The number of likely N-dealkylation sites (tertiary alicyclic amines) is 1. The van der Waals surface area contributed by atoms with Crippen molar-refractivity contribution in [2.75, 3.05) is 27.2 Å². The van der Waals surface area contributed by atoms with E-state index in [-0.39, 0.29) is 23.0 Å². The van der Waals surface area contributed by atoms with Crippen LogP contribution in [0.4, 0.5) is 26.3 Å². The summed E-state index contributed by atoms with van der Waals surface area (Å²) < 4.78 is 73.8. The second-order valence-electron chi connectivity index (χ2n) is 8.67. The Morgan fingerprint density at radius 1 is 1.11 bits per heavy atom. The highest BCUT2D eigenvalue weighted by Crippen LogP contribution is 2.34. The molecule has 1 aromatic heterocycles. The summed E-state index contributed by atoms with van der Waals surface area (Å²) in [5.74, 6) is -3.00. The van der Waals surface area contributed by atoms with E-state index in [1.807, 2.05) is 37.4 Å². The molecule has 2 heterocycles. The summed E-state index contributed by atoms with van der Waals surface area (Å²) in [6.07, 6.45) is -4.42. The maximum Gasteiger partial charge on any atom is 0.490 e. The maximum absolute atomic E-state index is 13.5. The van der Waals surface area contributed by atoms with E-state index in [9.17, 15) is 31.1 Å². The zero-order valence-corrected chi connectivity index (χ0v) is 20.3. The molecule has 2 aromatic carbocycles. The minimum atomic E-state index is -5.08. The molecular formula is C25H24F6N4O3. The summed E-state index contributed by atoms with van der Waals surface area (Å²) in [6.45, 7) is 1.70. The lowest BCUT2D eigenvalue weighted by atomic mass is 10.1. The molecule has 13 heteroatoms. The van der Waals surface area contributed by atoms with Crippen LogP contribution in [0.1, 0.15) is 17.5 Å². The van der Waals surface area contributed by atoms with Crippen LogP contribution in [0.25, 0.3) is 22.8 Å². The van der Waals surface area contributed by atoms with Crippen LogP contribution in [-0.2, 0) is 15.8 Å². The Kier molecular flexibility index (Phi) is 8.50. The summed E-state index contributed by atoms with van der Waals surface area (Å²) >= 11 is 0. The van der Waals surface area contributed by atoms with Crippen LogP contribution in [0, 0.1) is 0 Å². The quantitative estimate of drug-likeness (QED) is 0.377. The third-order valence-corrected chi connectivity index (χ3v) is 5.94. The third-order valence-electron chi connectivity index (χ3n) is 5.94. The van der Waals surface area contributed by atoms with Gasteiger partial charge in [0.25, 0.3) is 0 Å². The molecule has 1 saturated heterocycles. The Morgan fingerprint density at radius 2 is 1.74 bits per heavy atom. The number of rotatable bonds is 4. The highest BCUT2D eigenvalue weighted by molar-refractivity contribution is 5.95. The van der Waals surface area contributed by atoms with Crippen molar-refractivity contribution in [3.05, 3.63) is 66.0 Å². The molecule has 3 aromatic rings. The van der Waals surface area contributed by atoms with Gasteiger partial charge in [0.2, 0.25) is 5.91 Å². The number of nitrogens with zero attached hydrogens (tertiary/aromatic N) is 4. The molecule has 0 saturated carbocycles. The SMILES string of the molecule is CN1CCC(N(C)C(=O)C=Cc2cc(C(F)(F)F)cc3ncn(-c4ccccc4)c23)C1.O=C(O)C(F)(F)F. The van der Waals surface area contributed by atoms with E-state index in [1.165, 1.54) is 18.5 Å². The second kappa shape index (κ2) is 11.3. The van der Waals surface area contributed by atoms with Gasteiger partial charge in [-0.25, -0.2) is 9.78 Å². The van der Waals surface area contributed by atoms with Crippen molar-refractivity contribution < 1.29 is 41.0 Å². The number of aliphatic carboxylic acids is 1. The van der Waals surface area contributed by atoms with Crippen molar-refractivity contribution in [3.63, 3.8) is 0 Å². The van der Waals surface area contributed by atoms with Gasteiger partial charge in [-0.2, -0.15) is 26.3 Å². The van der Waals surface area contributed by atoms with E-state index in [0.29, 0.717) is 5.52 Å². The first-order valence-corrected chi connectivity index (χ1v) is 11.3. The molecule has 4 rings (SSSR count). The number of carbonyl (C=O) groups is 2.